The van der Waals surface area contributed by atoms with Gasteiger partial charge in [0.2, 0.25) is 0 Å². The smallest absolute Gasteiger partial charge is 0.272 e. The number of furan rings is 1. The van der Waals surface area contributed by atoms with E-state index >= 15 is 0 Å². The van der Waals surface area contributed by atoms with Crippen molar-refractivity contribution in [2.45, 2.75) is 12.3 Å². The van der Waals surface area contributed by atoms with Crippen LogP contribution in [0.3, 0.4) is 0 Å². The van der Waals surface area contributed by atoms with Crippen LogP contribution in [0.4, 0.5) is 0 Å². The molecule has 6 heteroatoms. The zero-order chi connectivity index (χ0) is 20.5. The minimum atomic E-state index is -0.0272. The molecule has 1 aliphatic heterocycles. The summed E-state index contributed by atoms with van der Waals surface area (Å²) in [6.45, 7) is 1.39. The van der Waals surface area contributed by atoms with Crippen molar-refractivity contribution in [3.05, 3.63) is 95.3 Å². The van der Waals surface area contributed by atoms with Crippen LogP contribution in [0.25, 0.3) is 17.1 Å². The third-order valence-electron chi connectivity index (χ3n) is 5.52. The van der Waals surface area contributed by atoms with Gasteiger partial charge < -0.3 is 9.32 Å². The number of amides is 1. The number of benzene rings is 2. The molecule has 2 aromatic carbocycles. The summed E-state index contributed by atoms with van der Waals surface area (Å²) in [5, 5.41) is 5.39. The Morgan fingerprint density at radius 1 is 1.03 bits per heavy atom. The number of carbonyl (C=O) groups is 1. The van der Waals surface area contributed by atoms with Crippen molar-refractivity contribution in [1.82, 2.24) is 14.7 Å². The predicted molar refractivity (Wildman–Crippen MR) is 116 cm³/mol. The molecular formula is C24H20ClN3O2. The van der Waals surface area contributed by atoms with Gasteiger partial charge in [-0.15, -0.1) is 0 Å². The number of carbonyl (C=O) groups excluding carboxylic acids is 1. The Morgan fingerprint density at radius 2 is 1.83 bits per heavy atom. The summed E-state index contributed by atoms with van der Waals surface area (Å²) in [4.78, 5) is 15.4. The Bertz CT molecular complexity index is 1150. The van der Waals surface area contributed by atoms with E-state index in [1.165, 1.54) is 5.56 Å². The van der Waals surface area contributed by atoms with Gasteiger partial charge in [-0.1, -0.05) is 41.9 Å². The highest BCUT2D eigenvalue weighted by Crippen LogP contribution is 2.30. The van der Waals surface area contributed by atoms with Crippen LogP contribution in [0.2, 0.25) is 5.02 Å². The number of nitrogens with zero attached hydrogens (tertiary/aromatic N) is 3. The number of hydrogen-bond donors (Lipinski definition) is 0. The zero-order valence-corrected chi connectivity index (χ0v) is 17.0. The van der Waals surface area contributed by atoms with Crippen LogP contribution in [-0.4, -0.2) is 33.7 Å². The SMILES string of the molecule is O=C(c1cc(-c2ccco2)nn1-c1ccccc1)N1CCC(c2ccc(Cl)cc2)C1. The highest BCUT2D eigenvalue weighted by Gasteiger charge is 2.30. The largest absolute Gasteiger partial charge is 0.463 e. The van der Waals surface area contributed by atoms with Crippen LogP contribution < -0.4 is 0 Å². The fourth-order valence-electron chi connectivity index (χ4n) is 3.96. The van der Waals surface area contributed by atoms with Gasteiger partial charge in [0.25, 0.3) is 5.91 Å². The number of aromatic nitrogens is 2. The van der Waals surface area contributed by atoms with Crippen LogP contribution in [0, 0.1) is 0 Å². The van der Waals surface area contributed by atoms with Crippen molar-refractivity contribution < 1.29 is 9.21 Å². The molecule has 2 aromatic heterocycles. The second-order valence-corrected chi connectivity index (χ2v) is 7.86. The number of likely N-dealkylation sites (tertiary alicyclic amines) is 1. The lowest BCUT2D eigenvalue weighted by molar-refractivity contribution is 0.0781. The number of rotatable bonds is 4. The third-order valence-corrected chi connectivity index (χ3v) is 5.77. The molecule has 0 aliphatic carbocycles. The van der Waals surface area contributed by atoms with Gasteiger partial charge in [-0.05, 0) is 48.4 Å². The van der Waals surface area contributed by atoms with E-state index in [2.05, 4.69) is 5.10 Å². The molecule has 1 aliphatic rings. The van der Waals surface area contributed by atoms with Gasteiger partial charge in [0, 0.05) is 30.1 Å². The normalized spacial score (nSPS) is 16.2. The molecule has 1 atom stereocenters. The molecule has 150 valence electrons. The van der Waals surface area contributed by atoms with Crippen LogP contribution in [0.1, 0.15) is 28.4 Å². The quantitative estimate of drug-likeness (QED) is 0.445. The second-order valence-electron chi connectivity index (χ2n) is 7.43. The standard InChI is InChI=1S/C24H20ClN3O2/c25-19-10-8-17(9-11-19)18-12-13-27(16-18)24(29)22-15-21(23-7-4-14-30-23)26-28(22)20-5-2-1-3-6-20/h1-11,14-15,18H,12-13,16H2. The molecule has 0 radical (unpaired) electrons. The molecule has 0 bridgehead atoms. The zero-order valence-electron chi connectivity index (χ0n) is 16.2. The molecule has 5 rings (SSSR count). The Hall–Kier alpha value is -3.31. The Morgan fingerprint density at radius 3 is 2.57 bits per heavy atom. The minimum absolute atomic E-state index is 0.0272. The highest BCUT2D eigenvalue weighted by atomic mass is 35.5. The number of hydrogen-bond acceptors (Lipinski definition) is 3. The first kappa shape index (κ1) is 18.7. The minimum Gasteiger partial charge on any atom is -0.463 e. The second kappa shape index (κ2) is 7.84. The lowest BCUT2D eigenvalue weighted by Crippen LogP contribution is -2.30. The molecular weight excluding hydrogens is 398 g/mol. The van der Waals surface area contributed by atoms with Gasteiger partial charge in [0.15, 0.2) is 5.76 Å². The lowest BCUT2D eigenvalue weighted by Gasteiger charge is -2.17. The van der Waals surface area contributed by atoms with Crippen molar-refractivity contribution in [2.75, 3.05) is 13.1 Å². The maximum atomic E-state index is 13.5. The fourth-order valence-corrected chi connectivity index (χ4v) is 4.08. The van der Waals surface area contributed by atoms with Crippen LogP contribution in [0.15, 0.2) is 83.5 Å². The summed E-state index contributed by atoms with van der Waals surface area (Å²) in [5.41, 5.74) is 3.22. The Labute approximate surface area is 179 Å². The monoisotopic (exact) mass is 417 g/mol. The molecule has 3 heterocycles. The van der Waals surface area contributed by atoms with Crippen molar-refractivity contribution in [3.63, 3.8) is 0 Å². The Balaban J connectivity index is 1.46. The van der Waals surface area contributed by atoms with Gasteiger partial charge in [-0.2, -0.15) is 5.10 Å². The van der Waals surface area contributed by atoms with Gasteiger partial charge >= 0.3 is 0 Å². The molecule has 1 fully saturated rings. The molecule has 0 spiro atoms. The van der Waals surface area contributed by atoms with Crippen LogP contribution in [0.5, 0.6) is 0 Å². The maximum Gasteiger partial charge on any atom is 0.272 e. The first-order valence-electron chi connectivity index (χ1n) is 9.93. The van der Waals surface area contributed by atoms with Gasteiger partial charge in [-0.3, -0.25) is 4.79 Å². The maximum absolute atomic E-state index is 13.5. The molecule has 1 saturated heterocycles. The lowest BCUT2D eigenvalue weighted by atomic mass is 9.99. The van der Waals surface area contributed by atoms with E-state index in [1.54, 1.807) is 10.9 Å². The van der Waals surface area contributed by atoms with E-state index in [4.69, 9.17) is 16.0 Å². The summed E-state index contributed by atoms with van der Waals surface area (Å²) >= 11 is 6.02. The first-order chi connectivity index (χ1) is 14.7. The molecule has 0 N–H and O–H groups in total. The van der Waals surface area contributed by atoms with E-state index in [1.807, 2.05) is 77.7 Å². The predicted octanol–water partition coefficient (Wildman–Crippen LogP) is 5.42. The van der Waals surface area contributed by atoms with Crippen molar-refractivity contribution in [2.24, 2.45) is 0 Å². The summed E-state index contributed by atoms with van der Waals surface area (Å²) < 4.78 is 7.21. The van der Waals surface area contributed by atoms with E-state index < -0.39 is 0 Å². The summed E-state index contributed by atoms with van der Waals surface area (Å²) in [6, 6.07) is 23.1. The number of para-hydroxylation sites is 1. The van der Waals surface area contributed by atoms with Crippen molar-refractivity contribution >= 4 is 17.5 Å². The van der Waals surface area contributed by atoms with Crippen LogP contribution in [-0.2, 0) is 0 Å². The van der Waals surface area contributed by atoms with E-state index in [0.717, 1.165) is 17.1 Å². The van der Waals surface area contributed by atoms with Crippen molar-refractivity contribution in [3.8, 4) is 17.1 Å². The van der Waals surface area contributed by atoms with Crippen LogP contribution >= 0.6 is 11.6 Å². The van der Waals surface area contributed by atoms with E-state index in [0.29, 0.717) is 36.2 Å². The molecule has 4 aromatic rings. The van der Waals surface area contributed by atoms with Crippen molar-refractivity contribution in [1.29, 1.82) is 0 Å². The number of halogens is 1. The molecule has 5 nitrogen and oxygen atoms in total. The van der Waals surface area contributed by atoms with Gasteiger partial charge in [0.05, 0.1) is 12.0 Å². The molecule has 1 unspecified atom stereocenters. The highest BCUT2D eigenvalue weighted by molar-refractivity contribution is 6.30. The third kappa shape index (κ3) is 3.53. The fraction of sp³-hybridized carbons (Fsp3) is 0.167. The van der Waals surface area contributed by atoms with Gasteiger partial charge in [-0.25, -0.2) is 4.68 Å². The average molecular weight is 418 g/mol. The summed E-state index contributed by atoms with van der Waals surface area (Å²) in [6.07, 6.45) is 2.54. The van der Waals surface area contributed by atoms with E-state index in [-0.39, 0.29) is 5.91 Å². The summed E-state index contributed by atoms with van der Waals surface area (Å²) in [7, 11) is 0. The molecule has 30 heavy (non-hydrogen) atoms. The van der Waals surface area contributed by atoms with E-state index in [9.17, 15) is 4.79 Å². The summed E-state index contributed by atoms with van der Waals surface area (Å²) in [5.74, 6) is 0.920. The Kier molecular flexibility index (Phi) is 4.89. The molecule has 0 saturated carbocycles. The first-order valence-corrected chi connectivity index (χ1v) is 10.3. The topological polar surface area (TPSA) is 51.3 Å². The average Bonchev–Trinajstić information content (AvgIpc) is 3.54. The van der Waals surface area contributed by atoms with Gasteiger partial charge in [0.1, 0.15) is 11.4 Å². The molecule has 1 amide bonds.